The smallest absolute Gasteiger partial charge is 0.141 e. The minimum Gasteiger partial charge on any atom is -0.394 e. The van der Waals surface area contributed by atoms with E-state index in [2.05, 4.69) is 23.5 Å². The Morgan fingerprint density at radius 1 is 1.27 bits per heavy atom. The standard InChI is InChI=1S/C9H16N4S2/c10-7-8(14)11-13(12-9(7)15)6-4-2-1-3-5-6/h6,11,14H,1-5,10H2,(H,12,15). The molecule has 1 aliphatic heterocycles. The van der Waals surface area contributed by atoms with E-state index in [1.807, 2.05) is 5.12 Å². The molecule has 0 saturated heterocycles. The highest BCUT2D eigenvalue weighted by Crippen LogP contribution is 2.22. The molecule has 1 fully saturated rings. The number of nitrogens with one attached hydrogen (secondary N) is 2. The molecule has 4 nitrogen and oxygen atoms in total. The number of hydrazine groups is 2. The summed E-state index contributed by atoms with van der Waals surface area (Å²) in [6.45, 7) is 0. The fourth-order valence-corrected chi connectivity index (χ4v) is 2.50. The minimum atomic E-state index is 0.479. The Labute approximate surface area is 101 Å². The van der Waals surface area contributed by atoms with Crippen molar-refractivity contribution in [1.29, 1.82) is 0 Å². The summed E-state index contributed by atoms with van der Waals surface area (Å²) in [5.74, 6) is 0. The van der Waals surface area contributed by atoms with E-state index in [0.717, 1.165) is 0 Å². The lowest BCUT2D eigenvalue weighted by Crippen LogP contribution is -2.59. The first-order chi connectivity index (χ1) is 7.18. The maximum Gasteiger partial charge on any atom is 0.141 e. The van der Waals surface area contributed by atoms with Crippen molar-refractivity contribution in [2.24, 2.45) is 5.73 Å². The first-order valence-corrected chi connectivity index (χ1v) is 6.09. The molecule has 0 spiro atoms. The molecular weight excluding hydrogens is 228 g/mol. The van der Waals surface area contributed by atoms with Gasteiger partial charge in [-0.25, -0.2) is 0 Å². The lowest BCUT2D eigenvalue weighted by Gasteiger charge is -2.38. The van der Waals surface area contributed by atoms with Crippen molar-refractivity contribution in [2.45, 2.75) is 38.1 Å². The molecule has 1 saturated carbocycles. The van der Waals surface area contributed by atoms with Gasteiger partial charge in [-0.3, -0.25) is 10.9 Å². The zero-order chi connectivity index (χ0) is 10.8. The van der Waals surface area contributed by atoms with E-state index in [9.17, 15) is 0 Å². The predicted octanol–water partition coefficient (Wildman–Crippen LogP) is 1.03. The van der Waals surface area contributed by atoms with Crippen molar-refractivity contribution in [3.05, 3.63) is 10.7 Å². The summed E-state index contributed by atoms with van der Waals surface area (Å²) < 4.78 is 0. The van der Waals surface area contributed by atoms with E-state index in [0.29, 0.717) is 21.8 Å². The number of rotatable bonds is 1. The molecule has 0 radical (unpaired) electrons. The Morgan fingerprint density at radius 2 is 1.93 bits per heavy atom. The molecule has 4 N–H and O–H groups in total. The number of thiol groups is 1. The third-order valence-corrected chi connectivity index (χ3v) is 3.54. The molecule has 0 bridgehead atoms. The summed E-state index contributed by atoms with van der Waals surface area (Å²) in [7, 11) is 0. The molecule has 1 aliphatic carbocycles. The molecule has 1 heterocycles. The van der Waals surface area contributed by atoms with Crippen molar-refractivity contribution in [2.75, 3.05) is 0 Å². The quantitative estimate of drug-likeness (QED) is 0.410. The van der Waals surface area contributed by atoms with Gasteiger partial charge in [0, 0.05) is 0 Å². The van der Waals surface area contributed by atoms with Crippen LogP contribution in [0.4, 0.5) is 0 Å². The van der Waals surface area contributed by atoms with Gasteiger partial charge in [0.05, 0.1) is 11.7 Å². The van der Waals surface area contributed by atoms with Gasteiger partial charge in [0.25, 0.3) is 0 Å². The van der Waals surface area contributed by atoms with Gasteiger partial charge < -0.3 is 5.73 Å². The highest BCUT2D eigenvalue weighted by atomic mass is 32.1. The van der Waals surface area contributed by atoms with Crippen molar-refractivity contribution in [1.82, 2.24) is 16.0 Å². The van der Waals surface area contributed by atoms with Crippen LogP contribution < -0.4 is 16.6 Å². The SMILES string of the molecule is NC1=C(S)NN(C2CCCCC2)NC1=S. The van der Waals surface area contributed by atoms with Gasteiger partial charge in [0.15, 0.2) is 0 Å². The van der Waals surface area contributed by atoms with E-state index in [1.54, 1.807) is 0 Å². The maximum atomic E-state index is 5.72. The Morgan fingerprint density at radius 3 is 2.53 bits per heavy atom. The molecule has 0 aromatic rings. The van der Waals surface area contributed by atoms with Crippen LogP contribution in [0.2, 0.25) is 0 Å². The molecular formula is C9H16N4S2. The lowest BCUT2D eigenvalue weighted by atomic mass is 9.96. The predicted molar refractivity (Wildman–Crippen MR) is 67.8 cm³/mol. The number of nitrogens with zero attached hydrogens (tertiary/aromatic N) is 1. The average Bonchev–Trinajstić information content (AvgIpc) is 2.26. The van der Waals surface area contributed by atoms with Crippen molar-refractivity contribution in [3.8, 4) is 0 Å². The molecule has 0 aromatic carbocycles. The minimum absolute atomic E-state index is 0.479. The highest BCUT2D eigenvalue weighted by Gasteiger charge is 2.26. The number of thiocarbonyl (C=S) groups is 1. The molecule has 0 amide bonds. The number of nitrogens with two attached hydrogens (primary N) is 1. The molecule has 0 atom stereocenters. The molecule has 2 rings (SSSR count). The van der Waals surface area contributed by atoms with Crippen molar-refractivity contribution < 1.29 is 0 Å². The summed E-state index contributed by atoms with van der Waals surface area (Å²) in [6.07, 6.45) is 6.25. The van der Waals surface area contributed by atoms with Crippen molar-refractivity contribution >= 4 is 29.8 Å². The average molecular weight is 244 g/mol. The fourth-order valence-electron chi connectivity index (χ4n) is 2.00. The highest BCUT2D eigenvalue weighted by molar-refractivity contribution is 7.85. The second-order valence-corrected chi connectivity index (χ2v) is 4.83. The van der Waals surface area contributed by atoms with E-state index >= 15 is 0 Å². The van der Waals surface area contributed by atoms with Crippen LogP contribution in [0.3, 0.4) is 0 Å². The molecule has 2 aliphatic rings. The molecule has 84 valence electrons. The van der Waals surface area contributed by atoms with E-state index in [4.69, 9.17) is 18.0 Å². The Bertz CT molecular complexity index is 296. The van der Waals surface area contributed by atoms with Gasteiger partial charge in [-0.05, 0) is 12.8 Å². The molecule has 0 aromatic heterocycles. The Hall–Kier alpha value is -0.460. The van der Waals surface area contributed by atoms with Crippen LogP contribution in [0.15, 0.2) is 10.7 Å². The topological polar surface area (TPSA) is 53.3 Å². The monoisotopic (exact) mass is 244 g/mol. The Balaban J connectivity index is 2.03. The molecule has 6 heteroatoms. The van der Waals surface area contributed by atoms with Crippen LogP contribution in [0.5, 0.6) is 0 Å². The van der Waals surface area contributed by atoms with Crippen LogP contribution in [-0.4, -0.2) is 16.1 Å². The van der Waals surface area contributed by atoms with Crippen LogP contribution >= 0.6 is 24.8 Å². The second-order valence-electron chi connectivity index (χ2n) is 3.98. The molecule has 15 heavy (non-hydrogen) atoms. The van der Waals surface area contributed by atoms with Gasteiger partial charge in [0.2, 0.25) is 0 Å². The van der Waals surface area contributed by atoms with Crippen LogP contribution in [0, 0.1) is 0 Å². The van der Waals surface area contributed by atoms with Gasteiger partial charge in [-0.15, -0.1) is 17.7 Å². The van der Waals surface area contributed by atoms with Crippen LogP contribution in [0.25, 0.3) is 0 Å². The van der Waals surface area contributed by atoms with Gasteiger partial charge in [-0.1, -0.05) is 31.5 Å². The summed E-state index contributed by atoms with van der Waals surface area (Å²) >= 11 is 9.40. The van der Waals surface area contributed by atoms with Crippen molar-refractivity contribution in [3.63, 3.8) is 0 Å². The van der Waals surface area contributed by atoms with Crippen LogP contribution in [0.1, 0.15) is 32.1 Å². The largest absolute Gasteiger partial charge is 0.394 e. The van der Waals surface area contributed by atoms with Gasteiger partial charge >= 0.3 is 0 Å². The van der Waals surface area contributed by atoms with E-state index < -0.39 is 0 Å². The third kappa shape index (κ3) is 2.38. The number of hydrogen-bond donors (Lipinski definition) is 4. The second kappa shape index (κ2) is 4.59. The van der Waals surface area contributed by atoms with E-state index in [1.165, 1.54) is 32.1 Å². The fraction of sp³-hybridized carbons (Fsp3) is 0.667. The van der Waals surface area contributed by atoms with E-state index in [-0.39, 0.29) is 0 Å². The summed E-state index contributed by atoms with van der Waals surface area (Å²) in [4.78, 5) is 0.560. The first kappa shape index (κ1) is 11.0. The zero-order valence-electron chi connectivity index (χ0n) is 8.49. The summed E-state index contributed by atoms with van der Waals surface area (Å²) in [5, 5.41) is 2.59. The first-order valence-electron chi connectivity index (χ1n) is 5.24. The summed E-state index contributed by atoms with van der Waals surface area (Å²) in [6, 6.07) is 0.479. The lowest BCUT2D eigenvalue weighted by molar-refractivity contribution is 0.0811. The zero-order valence-corrected chi connectivity index (χ0v) is 10.2. The molecule has 0 unspecified atom stereocenters. The third-order valence-electron chi connectivity index (χ3n) is 2.89. The Kier molecular flexibility index (Phi) is 3.38. The summed E-state index contributed by atoms with van der Waals surface area (Å²) in [5.41, 5.74) is 12.4. The number of hydrogen-bond acceptors (Lipinski definition) is 5. The van der Waals surface area contributed by atoms with Gasteiger partial charge in [0.1, 0.15) is 10.0 Å². The maximum absolute atomic E-state index is 5.72. The van der Waals surface area contributed by atoms with Crippen LogP contribution in [-0.2, 0) is 0 Å². The van der Waals surface area contributed by atoms with Gasteiger partial charge in [-0.2, -0.15) is 0 Å². The normalized spacial score (nSPS) is 25.0.